The number of carbonyl (C=O) groups excluding carboxylic acids is 3. The Morgan fingerprint density at radius 3 is 2.46 bits per heavy atom. The van der Waals surface area contributed by atoms with Crippen molar-refractivity contribution < 1.29 is 19.1 Å². The average Bonchev–Trinajstić information content (AvgIpc) is 3.17. The lowest BCUT2D eigenvalue weighted by Crippen LogP contribution is -2.52. The summed E-state index contributed by atoms with van der Waals surface area (Å²) in [7, 11) is 1.72. The summed E-state index contributed by atoms with van der Waals surface area (Å²) in [5, 5.41) is 0. The van der Waals surface area contributed by atoms with Gasteiger partial charge in [0.1, 0.15) is 5.60 Å². The van der Waals surface area contributed by atoms with E-state index in [0.29, 0.717) is 31.6 Å². The summed E-state index contributed by atoms with van der Waals surface area (Å²) in [6.07, 6.45) is 2.74. The van der Waals surface area contributed by atoms with Crippen molar-refractivity contribution >= 4 is 23.6 Å². The summed E-state index contributed by atoms with van der Waals surface area (Å²) in [5.41, 5.74) is 0.849. The van der Waals surface area contributed by atoms with Gasteiger partial charge in [-0.3, -0.25) is 9.59 Å². The second-order valence-corrected chi connectivity index (χ2v) is 7.43. The van der Waals surface area contributed by atoms with Gasteiger partial charge in [0.15, 0.2) is 0 Å². The molecular weight excluding hydrogens is 334 g/mol. The number of likely N-dealkylation sites (tertiary alicyclic amines) is 1. The number of carbonyl (C=O) groups is 3. The SMILES string of the molecule is CN1C[C@@]2(CCCN(C(=O)c3ccc(N4CCCC4=O)cc3)C2)OC1=O. The molecule has 0 saturated carbocycles. The summed E-state index contributed by atoms with van der Waals surface area (Å²) in [6.45, 7) is 2.34. The molecule has 3 fully saturated rings. The van der Waals surface area contributed by atoms with Crippen LogP contribution in [-0.4, -0.2) is 66.5 Å². The molecule has 1 aromatic carbocycles. The Bertz CT molecular complexity index is 748. The van der Waals surface area contributed by atoms with Crippen molar-refractivity contribution in [3.63, 3.8) is 0 Å². The number of hydrogen-bond acceptors (Lipinski definition) is 4. The molecule has 4 rings (SSSR count). The molecule has 3 amide bonds. The second kappa shape index (κ2) is 6.30. The highest BCUT2D eigenvalue weighted by Crippen LogP contribution is 2.32. The first-order valence-corrected chi connectivity index (χ1v) is 9.11. The standard InChI is InChI=1S/C19H23N3O4/c1-20-12-19(26-18(20)25)9-3-10-21(13-19)17(24)14-5-7-15(8-6-14)22-11-2-4-16(22)23/h5-8H,2-4,9-13H2,1H3/t19-/m1/s1. The third-order valence-corrected chi connectivity index (χ3v) is 5.47. The van der Waals surface area contributed by atoms with Crippen molar-refractivity contribution in [3.8, 4) is 0 Å². The van der Waals surface area contributed by atoms with Crippen LogP contribution < -0.4 is 4.90 Å². The molecule has 1 atom stereocenters. The first-order valence-electron chi connectivity index (χ1n) is 9.11. The predicted molar refractivity (Wildman–Crippen MR) is 95.0 cm³/mol. The van der Waals surface area contributed by atoms with Crippen molar-refractivity contribution in [2.45, 2.75) is 31.3 Å². The molecule has 26 heavy (non-hydrogen) atoms. The quantitative estimate of drug-likeness (QED) is 0.810. The van der Waals surface area contributed by atoms with Crippen LogP contribution in [0, 0.1) is 0 Å². The fourth-order valence-electron chi connectivity index (χ4n) is 4.16. The van der Waals surface area contributed by atoms with E-state index in [2.05, 4.69) is 0 Å². The smallest absolute Gasteiger partial charge is 0.410 e. The number of benzene rings is 1. The first kappa shape index (κ1) is 16.9. The fraction of sp³-hybridized carbons (Fsp3) is 0.526. The van der Waals surface area contributed by atoms with Gasteiger partial charge in [-0.2, -0.15) is 0 Å². The van der Waals surface area contributed by atoms with Crippen molar-refractivity contribution in [2.75, 3.05) is 38.1 Å². The summed E-state index contributed by atoms with van der Waals surface area (Å²) >= 11 is 0. The zero-order chi connectivity index (χ0) is 18.3. The number of rotatable bonds is 2. The van der Waals surface area contributed by atoms with E-state index in [1.165, 1.54) is 0 Å². The summed E-state index contributed by atoms with van der Waals surface area (Å²) in [4.78, 5) is 41.6. The van der Waals surface area contributed by atoms with Crippen LogP contribution in [0.1, 0.15) is 36.0 Å². The van der Waals surface area contributed by atoms with Crippen molar-refractivity contribution in [1.29, 1.82) is 0 Å². The van der Waals surface area contributed by atoms with Crippen LogP contribution in [0.25, 0.3) is 0 Å². The average molecular weight is 357 g/mol. The highest BCUT2D eigenvalue weighted by atomic mass is 16.6. The number of piperidine rings is 1. The Balaban J connectivity index is 1.47. The summed E-state index contributed by atoms with van der Waals surface area (Å²) in [5.74, 6) is 0.0724. The van der Waals surface area contributed by atoms with E-state index >= 15 is 0 Å². The molecule has 7 heteroatoms. The lowest BCUT2D eigenvalue weighted by Gasteiger charge is -2.38. The molecule has 0 aromatic heterocycles. The highest BCUT2D eigenvalue weighted by Gasteiger charge is 2.47. The van der Waals surface area contributed by atoms with E-state index < -0.39 is 5.60 Å². The van der Waals surface area contributed by atoms with E-state index in [9.17, 15) is 14.4 Å². The topological polar surface area (TPSA) is 70.2 Å². The lowest BCUT2D eigenvalue weighted by atomic mass is 9.92. The number of amides is 3. The predicted octanol–water partition coefficient (Wildman–Crippen LogP) is 1.87. The van der Waals surface area contributed by atoms with Gasteiger partial charge in [0.25, 0.3) is 5.91 Å². The van der Waals surface area contributed by atoms with Gasteiger partial charge in [0, 0.05) is 37.8 Å². The monoisotopic (exact) mass is 357 g/mol. The van der Waals surface area contributed by atoms with Gasteiger partial charge in [-0.05, 0) is 43.5 Å². The maximum Gasteiger partial charge on any atom is 0.410 e. The molecule has 0 unspecified atom stereocenters. The molecule has 0 bridgehead atoms. The Labute approximate surface area is 152 Å². The van der Waals surface area contributed by atoms with Gasteiger partial charge in [-0.25, -0.2) is 4.79 Å². The Morgan fingerprint density at radius 2 is 1.85 bits per heavy atom. The number of ether oxygens (including phenoxy) is 1. The second-order valence-electron chi connectivity index (χ2n) is 7.43. The van der Waals surface area contributed by atoms with E-state index in [1.54, 1.807) is 33.9 Å². The molecule has 1 aromatic rings. The van der Waals surface area contributed by atoms with Crippen LogP contribution in [0.3, 0.4) is 0 Å². The van der Waals surface area contributed by atoms with E-state index in [4.69, 9.17) is 4.74 Å². The maximum absolute atomic E-state index is 12.9. The lowest BCUT2D eigenvalue weighted by molar-refractivity contribution is -0.117. The zero-order valence-electron chi connectivity index (χ0n) is 14.9. The van der Waals surface area contributed by atoms with E-state index in [1.807, 2.05) is 12.1 Å². The Morgan fingerprint density at radius 1 is 1.08 bits per heavy atom. The molecular formula is C19H23N3O4. The normalized spacial score (nSPS) is 26.0. The molecule has 1 spiro atoms. The van der Waals surface area contributed by atoms with Gasteiger partial charge in [0.2, 0.25) is 5.91 Å². The van der Waals surface area contributed by atoms with Gasteiger partial charge in [-0.15, -0.1) is 0 Å². The minimum atomic E-state index is -0.582. The molecule has 3 saturated heterocycles. The van der Waals surface area contributed by atoms with Gasteiger partial charge in [0.05, 0.1) is 13.1 Å². The molecule has 0 radical (unpaired) electrons. The zero-order valence-corrected chi connectivity index (χ0v) is 14.9. The summed E-state index contributed by atoms with van der Waals surface area (Å²) in [6, 6.07) is 7.22. The third-order valence-electron chi connectivity index (χ3n) is 5.47. The van der Waals surface area contributed by atoms with Crippen LogP contribution in [0.15, 0.2) is 24.3 Å². The molecule has 138 valence electrons. The molecule has 3 aliphatic heterocycles. The van der Waals surface area contributed by atoms with Crippen molar-refractivity contribution in [1.82, 2.24) is 9.80 Å². The van der Waals surface area contributed by atoms with Crippen LogP contribution in [0.4, 0.5) is 10.5 Å². The molecule has 3 heterocycles. The maximum atomic E-state index is 12.9. The molecule has 0 N–H and O–H groups in total. The summed E-state index contributed by atoms with van der Waals surface area (Å²) < 4.78 is 5.57. The first-order chi connectivity index (χ1) is 12.5. The van der Waals surface area contributed by atoms with Gasteiger partial charge >= 0.3 is 6.09 Å². The highest BCUT2D eigenvalue weighted by molar-refractivity contribution is 5.97. The fourth-order valence-corrected chi connectivity index (χ4v) is 4.16. The van der Waals surface area contributed by atoms with Gasteiger partial charge < -0.3 is 19.4 Å². The number of likely N-dealkylation sites (N-methyl/N-ethyl adjacent to an activating group) is 1. The molecule has 7 nitrogen and oxygen atoms in total. The van der Waals surface area contributed by atoms with Crippen molar-refractivity contribution in [3.05, 3.63) is 29.8 Å². The largest absolute Gasteiger partial charge is 0.439 e. The van der Waals surface area contributed by atoms with E-state index in [-0.39, 0.29) is 17.9 Å². The number of hydrogen-bond donors (Lipinski definition) is 0. The minimum Gasteiger partial charge on any atom is -0.439 e. The third kappa shape index (κ3) is 2.91. The Hall–Kier alpha value is -2.57. The Kier molecular flexibility index (Phi) is 4.09. The molecule has 0 aliphatic carbocycles. The van der Waals surface area contributed by atoms with Crippen LogP contribution in [-0.2, 0) is 9.53 Å². The minimum absolute atomic E-state index is 0.0611. The molecule has 3 aliphatic rings. The number of anilines is 1. The van der Waals surface area contributed by atoms with Crippen LogP contribution >= 0.6 is 0 Å². The van der Waals surface area contributed by atoms with E-state index in [0.717, 1.165) is 31.5 Å². The van der Waals surface area contributed by atoms with Crippen molar-refractivity contribution in [2.24, 2.45) is 0 Å². The number of nitrogens with zero attached hydrogens (tertiary/aromatic N) is 3. The van der Waals surface area contributed by atoms with Crippen LogP contribution in [0.2, 0.25) is 0 Å². The van der Waals surface area contributed by atoms with Crippen LogP contribution in [0.5, 0.6) is 0 Å². The van der Waals surface area contributed by atoms with Gasteiger partial charge in [-0.1, -0.05) is 0 Å².